The Bertz CT molecular complexity index is 863. The Labute approximate surface area is 163 Å². The molecule has 0 saturated carbocycles. The smallest absolute Gasteiger partial charge is 0.277 e. The summed E-state index contributed by atoms with van der Waals surface area (Å²) in [6.07, 6.45) is 0. The van der Waals surface area contributed by atoms with Crippen molar-refractivity contribution in [3.05, 3.63) is 35.3 Å². The first kappa shape index (κ1) is 18.6. The average molecular weight is 408 g/mol. The van der Waals surface area contributed by atoms with E-state index in [0.29, 0.717) is 22.6 Å². The van der Waals surface area contributed by atoms with Gasteiger partial charge in [-0.3, -0.25) is 10.1 Å². The van der Waals surface area contributed by atoms with Crippen LogP contribution < -0.4 is 15.4 Å². The molecule has 0 radical (unpaired) electrons. The van der Waals surface area contributed by atoms with Crippen LogP contribution in [0.3, 0.4) is 0 Å². The molecule has 0 atom stereocenters. The van der Waals surface area contributed by atoms with E-state index in [1.165, 1.54) is 22.7 Å². The zero-order valence-corrected chi connectivity index (χ0v) is 16.6. The monoisotopic (exact) mass is 407 g/mol. The number of thioether (sulfide) groups is 1. The summed E-state index contributed by atoms with van der Waals surface area (Å²) < 4.78 is 6.25. The molecular weight excluding hydrogens is 390 g/mol. The van der Waals surface area contributed by atoms with Crippen LogP contribution in [-0.2, 0) is 0 Å². The zero-order chi connectivity index (χ0) is 18.4. The number of carbonyl (C=O) groups excluding carboxylic acids is 1. The van der Waals surface area contributed by atoms with Crippen LogP contribution in [0.15, 0.2) is 34.0 Å². The molecule has 3 aromatic rings. The average Bonchev–Trinajstić information content (AvgIpc) is 3.27. The number of carbonyl (C=O) groups is 1. The van der Waals surface area contributed by atoms with Crippen molar-refractivity contribution >= 4 is 56.3 Å². The number of aromatic nitrogens is 3. The molecule has 3 rings (SSSR count). The molecule has 0 aliphatic rings. The number of amides is 1. The molecule has 1 aromatic carbocycles. The summed E-state index contributed by atoms with van der Waals surface area (Å²) in [4.78, 5) is 16.6. The lowest BCUT2D eigenvalue weighted by Gasteiger charge is -2.05. The molecule has 0 spiro atoms. The number of ether oxygens (including phenoxy) is 1. The Morgan fingerprint density at radius 3 is 2.73 bits per heavy atom. The Morgan fingerprint density at radius 2 is 2.00 bits per heavy atom. The van der Waals surface area contributed by atoms with E-state index in [2.05, 4.69) is 25.8 Å². The van der Waals surface area contributed by atoms with Crippen LogP contribution in [0.1, 0.15) is 24.3 Å². The van der Waals surface area contributed by atoms with Crippen LogP contribution in [0.5, 0.6) is 5.75 Å². The fraction of sp³-hybridized carbons (Fsp3) is 0.250. The summed E-state index contributed by atoms with van der Waals surface area (Å²) >= 11 is 4.30. The number of nitrogens with one attached hydrogen (secondary N) is 2. The quantitative estimate of drug-likeness (QED) is 0.420. The van der Waals surface area contributed by atoms with E-state index in [1.807, 2.05) is 38.1 Å². The van der Waals surface area contributed by atoms with Crippen molar-refractivity contribution in [3.63, 3.8) is 0 Å². The first-order valence-corrected chi connectivity index (χ1v) is 10.6. The van der Waals surface area contributed by atoms with Gasteiger partial charge in [0.05, 0.1) is 6.61 Å². The van der Waals surface area contributed by atoms with Crippen molar-refractivity contribution < 1.29 is 9.53 Å². The highest BCUT2D eigenvalue weighted by atomic mass is 32.2. The van der Waals surface area contributed by atoms with Gasteiger partial charge in [0, 0.05) is 11.1 Å². The van der Waals surface area contributed by atoms with Gasteiger partial charge in [-0.1, -0.05) is 30.0 Å². The third-order valence-corrected chi connectivity index (χ3v) is 5.66. The van der Waals surface area contributed by atoms with Crippen LogP contribution in [0.2, 0.25) is 0 Å². The molecular formula is C16H17N5O2S3. The number of hydrogen-bond donors (Lipinski definition) is 2. The molecule has 0 aliphatic carbocycles. The van der Waals surface area contributed by atoms with E-state index >= 15 is 0 Å². The molecule has 2 N–H and O–H groups in total. The van der Waals surface area contributed by atoms with Gasteiger partial charge < -0.3 is 10.1 Å². The van der Waals surface area contributed by atoms with Gasteiger partial charge in [0.15, 0.2) is 9.47 Å². The topological polar surface area (TPSA) is 89.0 Å². The van der Waals surface area contributed by atoms with Crippen molar-refractivity contribution in [2.45, 2.75) is 18.2 Å². The van der Waals surface area contributed by atoms with Gasteiger partial charge in [0.25, 0.3) is 5.91 Å². The molecule has 2 heterocycles. The normalized spacial score (nSPS) is 10.5. The van der Waals surface area contributed by atoms with E-state index in [1.54, 1.807) is 17.1 Å². The fourth-order valence-electron chi connectivity index (χ4n) is 1.96. The number of thiazole rings is 1. The highest BCUT2D eigenvalue weighted by Gasteiger charge is 2.14. The molecule has 0 saturated heterocycles. The first-order chi connectivity index (χ1) is 12.7. The minimum Gasteiger partial charge on any atom is -0.494 e. The summed E-state index contributed by atoms with van der Waals surface area (Å²) in [5.41, 5.74) is 1.21. The number of hydrogen-bond acceptors (Lipinski definition) is 9. The van der Waals surface area contributed by atoms with Crippen LogP contribution in [0, 0.1) is 0 Å². The third kappa shape index (κ3) is 4.93. The van der Waals surface area contributed by atoms with E-state index in [9.17, 15) is 4.79 Å². The van der Waals surface area contributed by atoms with E-state index in [4.69, 9.17) is 4.74 Å². The molecule has 0 aliphatic heterocycles. The molecule has 1 amide bonds. The first-order valence-electron chi connectivity index (χ1n) is 7.91. The standard InChI is InChI=1S/C16H17N5O2S3/c1-3-23-11-7-5-10(6-8-11)17-14-18-12(9-25-14)13(22)19-15-20-21-16(26-15)24-4-2/h5-9H,3-4H2,1-2H3,(H,17,18)(H,19,20,22). The number of rotatable bonds is 8. The highest BCUT2D eigenvalue weighted by molar-refractivity contribution is 8.01. The molecule has 136 valence electrons. The molecule has 0 fully saturated rings. The maximum absolute atomic E-state index is 12.3. The van der Waals surface area contributed by atoms with Gasteiger partial charge in [-0.05, 0) is 36.9 Å². The Morgan fingerprint density at radius 1 is 1.19 bits per heavy atom. The maximum Gasteiger partial charge on any atom is 0.277 e. The minimum absolute atomic E-state index is 0.301. The second-order valence-corrected chi connectivity index (χ2v) is 8.23. The van der Waals surface area contributed by atoms with Crippen molar-refractivity contribution in [3.8, 4) is 5.75 Å². The maximum atomic E-state index is 12.3. The van der Waals surface area contributed by atoms with Crippen LogP contribution in [-0.4, -0.2) is 33.4 Å². The number of benzene rings is 1. The lowest BCUT2D eigenvalue weighted by Crippen LogP contribution is -2.12. The Kier molecular flexibility index (Phi) is 6.42. The van der Waals surface area contributed by atoms with E-state index in [0.717, 1.165) is 21.5 Å². The summed E-state index contributed by atoms with van der Waals surface area (Å²) in [6, 6.07) is 7.57. The fourth-order valence-corrected chi connectivity index (χ4v) is 4.32. The summed E-state index contributed by atoms with van der Waals surface area (Å²) in [7, 11) is 0. The largest absolute Gasteiger partial charge is 0.494 e. The van der Waals surface area contributed by atoms with Crippen molar-refractivity contribution in [2.24, 2.45) is 0 Å². The van der Waals surface area contributed by atoms with Crippen molar-refractivity contribution in [1.29, 1.82) is 0 Å². The predicted molar refractivity (Wildman–Crippen MR) is 107 cm³/mol. The van der Waals surface area contributed by atoms with Crippen molar-refractivity contribution in [1.82, 2.24) is 15.2 Å². The number of anilines is 3. The van der Waals surface area contributed by atoms with Gasteiger partial charge in [0.2, 0.25) is 5.13 Å². The highest BCUT2D eigenvalue weighted by Crippen LogP contribution is 2.26. The molecule has 7 nitrogen and oxygen atoms in total. The summed E-state index contributed by atoms with van der Waals surface area (Å²) in [6.45, 7) is 4.61. The Balaban J connectivity index is 1.60. The molecule has 26 heavy (non-hydrogen) atoms. The van der Waals surface area contributed by atoms with Crippen LogP contribution in [0.25, 0.3) is 0 Å². The Hall–Kier alpha value is -2.17. The van der Waals surface area contributed by atoms with Gasteiger partial charge >= 0.3 is 0 Å². The zero-order valence-electron chi connectivity index (χ0n) is 14.2. The summed E-state index contributed by atoms with van der Waals surface area (Å²) in [5.74, 6) is 1.43. The summed E-state index contributed by atoms with van der Waals surface area (Å²) in [5, 5.41) is 16.7. The van der Waals surface area contributed by atoms with E-state index < -0.39 is 0 Å². The molecule has 0 unspecified atom stereocenters. The molecule has 10 heteroatoms. The predicted octanol–water partition coefficient (Wildman–Crippen LogP) is 4.50. The van der Waals surface area contributed by atoms with Gasteiger partial charge in [0.1, 0.15) is 11.4 Å². The second kappa shape index (κ2) is 8.97. The van der Waals surface area contributed by atoms with Crippen molar-refractivity contribution in [2.75, 3.05) is 23.0 Å². The van der Waals surface area contributed by atoms with Gasteiger partial charge in [-0.15, -0.1) is 21.5 Å². The SMILES string of the molecule is CCOc1ccc(Nc2nc(C(=O)Nc3nnc(SCC)s3)cs2)cc1. The third-order valence-electron chi connectivity index (χ3n) is 3.05. The minimum atomic E-state index is -0.301. The second-order valence-electron chi connectivity index (χ2n) is 4.88. The molecule has 0 bridgehead atoms. The molecule has 2 aromatic heterocycles. The van der Waals surface area contributed by atoms with Crippen LogP contribution in [0.4, 0.5) is 16.0 Å². The van der Waals surface area contributed by atoms with E-state index in [-0.39, 0.29) is 5.91 Å². The van der Waals surface area contributed by atoms with Crippen LogP contribution >= 0.6 is 34.4 Å². The number of nitrogens with zero attached hydrogens (tertiary/aromatic N) is 3. The lowest BCUT2D eigenvalue weighted by molar-refractivity contribution is 0.102. The van der Waals surface area contributed by atoms with Gasteiger partial charge in [-0.2, -0.15) is 0 Å². The van der Waals surface area contributed by atoms with Gasteiger partial charge in [-0.25, -0.2) is 4.98 Å². The lowest BCUT2D eigenvalue weighted by atomic mass is 10.3.